The Balaban J connectivity index is 1.17. The summed E-state index contributed by atoms with van der Waals surface area (Å²) in [6.07, 6.45) is 6.58. The minimum Gasteiger partial charge on any atom is -0.497 e. The van der Waals surface area contributed by atoms with Gasteiger partial charge in [-0.1, -0.05) is 32.9 Å². The van der Waals surface area contributed by atoms with Gasteiger partial charge in [0.25, 0.3) is 5.91 Å². The van der Waals surface area contributed by atoms with Crippen LogP contribution in [0.1, 0.15) is 85.5 Å². The summed E-state index contributed by atoms with van der Waals surface area (Å²) in [5, 5.41) is 15.2. The first kappa shape index (κ1) is 43.0. The van der Waals surface area contributed by atoms with Crippen molar-refractivity contribution in [2.45, 2.75) is 114 Å². The number of methoxy groups -OCH3 is 1. The molecule has 8 rings (SSSR count). The van der Waals surface area contributed by atoms with E-state index in [4.69, 9.17) is 19.2 Å². The lowest BCUT2D eigenvalue weighted by atomic mass is 9.86. The summed E-state index contributed by atoms with van der Waals surface area (Å²) in [6, 6.07) is 5.25. The number of anilines is 1. The van der Waals surface area contributed by atoms with Crippen LogP contribution in [0, 0.1) is 23.2 Å². The van der Waals surface area contributed by atoms with E-state index in [0.29, 0.717) is 74.8 Å². The molecule has 16 nitrogen and oxygen atoms in total. The van der Waals surface area contributed by atoms with Crippen LogP contribution in [0.2, 0.25) is 0 Å². The molecule has 1 aromatic heterocycles. The summed E-state index contributed by atoms with van der Waals surface area (Å²) in [6.45, 7) is 10.1. The van der Waals surface area contributed by atoms with Gasteiger partial charge < -0.3 is 34.4 Å². The van der Waals surface area contributed by atoms with E-state index in [9.17, 15) is 27.9 Å². The van der Waals surface area contributed by atoms with Crippen molar-refractivity contribution in [2.24, 2.45) is 23.2 Å². The van der Waals surface area contributed by atoms with Crippen LogP contribution in [0.4, 0.5) is 10.6 Å². The zero-order valence-corrected chi connectivity index (χ0v) is 36.7. The van der Waals surface area contributed by atoms with E-state index in [1.54, 1.807) is 14.0 Å². The van der Waals surface area contributed by atoms with Gasteiger partial charge in [-0.3, -0.25) is 24.0 Å². The third-order valence-corrected chi connectivity index (χ3v) is 16.2. The van der Waals surface area contributed by atoms with Gasteiger partial charge in [0, 0.05) is 37.4 Å². The molecule has 332 valence electrons. The number of nitrogens with zero attached hydrogens (tertiary/aromatic N) is 4. The summed E-state index contributed by atoms with van der Waals surface area (Å²) in [7, 11) is -2.44. The second-order valence-corrected chi connectivity index (χ2v) is 21.3. The Morgan fingerprint density at radius 1 is 1.08 bits per heavy atom. The second kappa shape index (κ2) is 16.2. The Labute approximate surface area is 357 Å². The number of carbonyl (C=O) groups excluding carboxylic acids is 3. The topological polar surface area (TPSA) is 197 Å². The van der Waals surface area contributed by atoms with Gasteiger partial charge in [-0.2, -0.15) is 4.98 Å². The fourth-order valence-electron chi connectivity index (χ4n) is 9.40. The van der Waals surface area contributed by atoms with Gasteiger partial charge in [0.2, 0.25) is 27.7 Å². The summed E-state index contributed by atoms with van der Waals surface area (Å²) >= 11 is 0. The van der Waals surface area contributed by atoms with Crippen LogP contribution in [0.25, 0.3) is 10.8 Å². The number of sulfonamides is 1. The minimum absolute atomic E-state index is 0.00947. The SMILES string of the molecule is COc1ccc2c(O[C@@H]3C[C@H]4C(=O)N[C@]5(C(=O)NS(=O)(=O)C6(C)CC6)C[C@H]5/C=C\CC[C@@H](C)C[C@@H](C)[C@H](N(CC5(C)CC5)C(=O)O)C(=O)N4C3)nc(N3CCOCC3)cc2c1. The molecule has 17 heteroatoms. The number of hydrogen-bond acceptors (Lipinski definition) is 11. The van der Waals surface area contributed by atoms with Gasteiger partial charge in [0.1, 0.15) is 35.3 Å². The van der Waals surface area contributed by atoms with E-state index < -0.39 is 74.1 Å². The molecular weight excluding hydrogens is 805 g/mol. The zero-order chi connectivity index (χ0) is 43.5. The number of nitrogens with one attached hydrogen (secondary N) is 2. The number of benzene rings is 1. The van der Waals surface area contributed by atoms with Crippen LogP contribution in [-0.2, 0) is 29.1 Å². The number of hydrogen-bond donors (Lipinski definition) is 3. The lowest BCUT2D eigenvalue weighted by molar-refractivity contribution is -0.144. The van der Waals surface area contributed by atoms with E-state index in [1.165, 1.54) is 9.80 Å². The number of pyridine rings is 1. The maximum atomic E-state index is 15.3. The average molecular weight is 865 g/mol. The molecule has 3 aliphatic heterocycles. The number of rotatable bonds is 10. The van der Waals surface area contributed by atoms with Gasteiger partial charge in [-0.15, -0.1) is 0 Å². The Bertz CT molecular complexity index is 2200. The minimum atomic E-state index is -4.03. The number of morpholine rings is 1. The molecule has 0 unspecified atom stereocenters. The van der Waals surface area contributed by atoms with Gasteiger partial charge in [-0.25, -0.2) is 13.2 Å². The van der Waals surface area contributed by atoms with Crippen molar-refractivity contribution in [3.63, 3.8) is 0 Å². The molecule has 2 saturated heterocycles. The molecule has 4 amide bonds. The molecule has 0 bridgehead atoms. The second-order valence-electron chi connectivity index (χ2n) is 19.1. The summed E-state index contributed by atoms with van der Waals surface area (Å²) < 4.78 is 45.8. The fourth-order valence-corrected chi connectivity index (χ4v) is 10.7. The lowest BCUT2D eigenvalue weighted by Crippen LogP contribution is -2.60. The Kier molecular flexibility index (Phi) is 11.5. The smallest absolute Gasteiger partial charge is 0.408 e. The van der Waals surface area contributed by atoms with Crippen molar-refractivity contribution in [2.75, 3.05) is 51.4 Å². The third kappa shape index (κ3) is 8.73. The fraction of sp³-hybridized carbons (Fsp3) is 0.659. The number of amides is 4. The summed E-state index contributed by atoms with van der Waals surface area (Å²) in [5.74, 6) is -1.09. The van der Waals surface area contributed by atoms with Gasteiger partial charge >= 0.3 is 6.09 Å². The third-order valence-electron chi connectivity index (χ3n) is 14.0. The van der Waals surface area contributed by atoms with Gasteiger partial charge in [0.15, 0.2) is 0 Å². The molecular formula is C44H60N6O10S. The van der Waals surface area contributed by atoms with E-state index in [1.807, 2.05) is 50.3 Å². The van der Waals surface area contributed by atoms with Crippen LogP contribution >= 0.6 is 0 Å². The lowest BCUT2D eigenvalue weighted by Gasteiger charge is -2.38. The van der Waals surface area contributed by atoms with Crippen molar-refractivity contribution >= 4 is 50.4 Å². The molecule has 7 atom stereocenters. The molecule has 61 heavy (non-hydrogen) atoms. The quantitative estimate of drug-likeness (QED) is 0.284. The largest absolute Gasteiger partial charge is 0.497 e. The number of allylic oxidation sites excluding steroid dienone is 1. The Morgan fingerprint density at radius 2 is 1.82 bits per heavy atom. The number of aromatic nitrogens is 1. The van der Waals surface area contributed by atoms with E-state index in [2.05, 4.69) is 21.9 Å². The maximum Gasteiger partial charge on any atom is 0.408 e. The maximum absolute atomic E-state index is 15.3. The molecule has 4 heterocycles. The Hall–Kier alpha value is -4.64. The van der Waals surface area contributed by atoms with Crippen LogP contribution in [0.15, 0.2) is 36.4 Å². The molecule has 0 spiro atoms. The van der Waals surface area contributed by atoms with Crippen molar-refractivity contribution in [1.82, 2.24) is 24.8 Å². The van der Waals surface area contributed by atoms with Gasteiger partial charge in [-0.05, 0) is 105 Å². The highest BCUT2D eigenvalue weighted by molar-refractivity contribution is 7.91. The predicted molar refractivity (Wildman–Crippen MR) is 227 cm³/mol. The molecule has 0 radical (unpaired) electrons. The highest BCUT2D eigenvalue weighted by Crippen LogP contribution is 2.49. The molecule has 2 aromatic rings. The number of carbonyl (C=O) groups is 4. The van der Waals surface area contributed by atoms with Crippen molar-refractivity contribution < 1.29 is 46.9 Å². The highest BCUT2D eigenvalue weighted by Gasteiger charge is 2.63. The summed E-state index contributed by atoms with van der Waals surface area (Å²) in [5.41, 5.74) is -1.81. The molecule has 3 saturated carbocycles. The van der Waals surface area contributed by atoms with Crippen LogP contribution in [0.5, 0.6) is 11.6 Å². The molecule has 1 aromatic carbocycles. The highest BCUT2D eigenvalue weighted by atomic mass is 32.2. The molecule has 3 N–H and O–H groups in total. The van der Waals surface area contributed by atoms with Crippen LogP contribution in [0.3, 0.4) is 0 Å². The standard InChI is InChI=1S/C44H60N6O10S/c1-27-8-6-7-9-30-24-44(30,40(53)47-61(56,57)43(4)14-15-43)46-37(51)34-23-32(25-49(34)39(52)36(28(2)20-27)50(41(54)55)26-42(3)12-13-42)60-38-33-11-10-31(58-5)21-29(33)22-35(45-38)48-16-18-59-19-17-48/h7,9-11,21-22,27-28,30,32,34,36H,6,8,12-20,23-26H2,1-5H3,(H,46,51)(H,47,53)(H,54,55)/b9-7-/t27-,28-,30-,32-,34+,36+,44-/m1/s1. The number of ether oxygens (including phenoxy) is 3. The molecule has 5 fully saturated rings. The average Bonchev–Trinajstić information content (AvgIpc) is 4.19. The molecule has 3 aliphatic carbocycles. The van der Waals surface area contributed by atoms with E-state index >= 15 is 4.79 Å². The molecule has 6 aliphatic rings. The first-order valence-corrected chi connectivity index (χ1v) is 23.3. The van der Waals surface area contributed by atoms with Crippen molar-refractivity contribution in [3.05, 3.63) is 36.4 Å². The van der Waals surface area contributed by atoms with Crippen LogP contribution in [-0.4, -0.2) is 127 Å². The van der Waals surface area contributed by atoms with Crippen LogP contribution < -0.4 is 24.4 Å². The zero-order valence-electron chi connectivity index (χ0n) is 35.9. The Morgan fingerprint density at radius 3 is 2.49 bits per heavy atom. The van der Waals surface area contributed by atoms with E-state index in [-0.39, 0.29) is 37.3 Å². The van der Waals surface area contributed by atoms with Crippen molar-refractivity contribution in [3.8, 4) is 11.6 Å². The number of carboxylic acid groups (broad SMARTS) is 1. The summed E-state index contributed by atoms with van der Waals surface area (Å²) in [4.78, 5) is 67.2. The van der Waals surface area contributed by atoms with Gasteiger partial charge in [0.05, 0.1) is 31.6 Å². The first-order valence-electron chi connectivity index (χ1n) is 21.8. The first-order chi connectivity index (χ1) is 28.9. The van der Waals surface area contributed by atoms with Crippen molar-refractivity contribution in [1.29, 1.82) is 0 Å². The predicted octanol–water partition coefficient (Wildman–Crippen LogP) is 4.46. The number of fused-ring (bicyclic) bond motifs is 3. The monoisotopic (exact) mass is 864 g/mol. The normalized spacial score (nSPS) is 31.4. The van der Waals surface area contributed by atoms with E-state index in [0.717, 1.165) is 24.6 Å².